The first kappa shape index (κ1) is 8.51. The molecule has 0 radical (unpaired) electrons. The summed E-state index contributed by atoms with van der Waals surface area (Å²) < 4.78 is 0. The average Bonchev–Trinajstić information content (AvgIpc) is 1.85. The monoisotopic (exact) mass is 151 g/mol. The molecule has 1 nitrogen and oxygen atoms in total. The molecule has 1 heteroatoms. The van der Waals surface area contributed by atoms with Gasteiger partial charge in [0.1, 0.15) is 0 Å². The number of rotatable bonds is 1. The fraction of sp³-hybridized carbons (Fsp3) is 0.700. The molecule has 0 bridgehead atoms. The average molecular weight is 151 g/mol. The van der Waals surface area contributed by atoms with Gasteiger partial charge in [0.25, 0.3) is 0 Å². The summed E-state index contributed by atoms with van der Waals surface area (Å²) in [7, 11) is 0. The molecule has 0 aliphatic carbocycles. The second-order valence-electron chi connectivity index (χ2n) is 4.42. The minimum Gasteiger partial charge on any atom is -0.293 e. The zero-order valence-corrected chi connectivity index (χ0v) is 7.67. The summed E-state index contributed by atoms with van der Waals surface area (Å²) in [6, 6.07) is 0. The normalized spacial score (nSPS) is 24.1. The Morgan fingerprint density at radius 1 is 1.45 bits per heavy atom. The van der Waals surface area contributed by atoms with Crippen molar-refractivity contribution in [1.29, 1.82) is 0 Å². The van der Waals surface area contributed by atoms with Crippen molar-refractivity contribution in [3.63, 3.8) is 0 Å². The van der Waals surface area contributed by atoms with Crippen molar-refractivity contribution in [2.75, 3.05) is 6.54 Å². The van der Waals surface area contributed by atoms with Crippen LogP contribution in [0.15, 0.2) is 17.1 Å². The molecule has 0 spiro atoms. The predicted octanol–water partition coefficient (Wildman–Crippen LogP) is 2.68. The summed E-state index contributed by atoms with van der Waals surface area (Å²) >= 11 is 0. The molecular formula is C10H17N. The van der Waals surface area contributed by atoms with Gasteiger partial charge in [0, 0.05) is 12.8 Å². The van der Waals surface area contributed by atoms with E-state index < -0.39 is 0 Å². The van der Waals surface area contributed by atoms with Crippen LogP contribution in [0.1, 0.15) is 27.2 Å². The fourth-order valence-corrected chi connectivity index (χ4v) is 1.44. The standard InChI is InChI=1S/C10H17N/c1-10(2,3)7-9-5-4-6-11-8-9/h4-6,9H,7-8H2,1-3H3. The second-order valence-corrected chi connectivity index (χ2v) is 4.42. The molecule has 1 atom stereocenters. The van der Waals surface area contributed by atoms with Gasteiger partial charge in [0.2, 0.25) is 0 Å². The molecule has 0 saturated heterocycles. The van der Waals surface area contributed by atoms with Crippen LogP contribution in [0.2, 0.25) is 0 Å². The highest BCUT2D eigenvalue weighted by Crippen LogP contribution is 2.25. The van der Waals surface area contributed by atoms with Crippen molar-refractivity contribution in [3.05, 3.63) is 12.2 Å². The molecule has 62 valence electrons. The fourth-order valence-electron chi connectivity index (χ4n) is 1.44. The molecule has 1 aliphatic rings. The summed E-state index contributed by atoms with van der Waals surface area (Å²) in [6.07, 6.45) is 7.44. The maximum Gasteiger partial charge on any atom is 0.0452 e. The third-order valence-corrected chi connectivity index (χ3v) is 1.79. The van der Waals surface area contributed by atoms with Crippen molar-refractivity contribution in [2.45, 2.75) is 27.2 Å². The van der Waals surface area contributed by atoms with Gasteiger partial charge in [-0.2, -0.15) is 0 Å². The van der Waals surface area contributed by atoms with Crippen LogP contribution in [0.3, 0.4) is 0 Å². The van der Waals surface area contributed by atoms with Gasteiger partial charge in [0.15, 0.2) is 0 Å². The number of dihydropyridines is 1. The quantitative estimate of drug-likeness (QED) is 0.546. The minimum atomic E-state index is 0.432. The van der Waals surface area contributed by atoms with E-state index in [0.717, 1.165) is 6.54 Å². The van der Waals surface area contributed by atoms with Crippen molar-refractivity contribution in [2.24, 2.45) is 16.3 Å². The molecule has 0 amide bonds. The van der Waals surface area contributed by atoms with E-state index in [-0.39, 0.29) is 0 Å². The van der Waals surface area contributed by atoms with Crippen LogP contribution in [0.4, 0.5) is 0 Å². The molecule has 0 N–H and O–H groups in total. The van der Waals surface area contributed by atoms with Crippen LogP contribution in [0, 0.1) is 11.3 Å². The number of allylic oxidation sites excluding steroid dienone is 1. The lowest BCUT2D eigenvalue weighted by atomic mass is 9.84. The van der Waals surface area contributed by atoms with Gasteiger partial charge in [-0.15, -0.1) is 0 Å². The first-order valence-corrected chi connectivity index (χ1v) is 4.24. The first-order valence-electron chi connectivity index (χ1n) is 4.24. The zero-order chi connectivity index (χ0) is 8.32. The minimum absolute atomic E-state index is 0.432. The Bertz CT molecular complexity index is 172. The lowest BCUT2D eigenvalue weighted by molar-refractivity contribution is 0.328. The molecule has 0 aromatic heterocycles. The summed E-state index contributed by atoms with van der Waals surface area (Å²) in [5, 5.41) is 0. The molecule has 1 heterocycles. The highest BCUT2D eigenvalue weighted by Gasteiger charge is 2.16. The van der Waals surface area contributed by atoms with E-state index in [1.54, 1.807) is 0 Å². The molecule has 0 aromatic carbocycles. The van der Waals surface area contributed by atoms with E-state index in [4.69, 9.17) is 0 Å². The van der Waals surface area contributed by atoms with Crippen molar-refractivity contribution >= 4 is 6.21 Å². The van der Waals surface area contributed by atoms with E-state index in [2.05, 4.69) is 37.9 Å². The smallest absolute Gasteiger partial charge is 0.0452 e. The number of hydrogen-bond acceptors (Lipinski definition) is 1. The van der Waals surface area contributed by atoms with Gasteiger partial charge >= 0.3 is 0 Å². The second kappa shape index (κ2) is 3.21. The van der Waals surface area contributed by atoms with E-state index in [9.17, 15) is 0 Å². The zero-order valence-electron chi connectivity index (χ0n) is 7.67. The summed E-state index contributed by atoms with van der Waals surface area (Å²) in [4.78, 5) is 4.23. The third-order valence-electron chi connectivity index (χ3n) is 1.79. The molecule has 11 heavy (non-hydrogen) atoms. The van der Waals surface area contributed by atoms with Gasteiger partial charge in [-0.3, -0.25) is 4.99 Å². The van der Waals surface area contributed by atoms with Gasteiger partial charge in [-0.1, -0.05) is 26.8 Å². The largest absolute Gasteiger partial charge is 0.293 e. The molecule has 0 aromatic rings. The molecule has 1 unspecified atom stereocenters. The lowest BCUT2D eigenvalue weighted by Gasteiger charge is -2.23. The molecular weight excluding hydrogens is 134 g/mol. The highest BCUT2D eigenvalue weighted by molar-refractivity contribution is 5.71. The van der Waals surface area contributed by atoms with Gasteiger partial charge < -0.3 is 0 Å². The highest BCUT2D eigenvalue weighted by atomic mass is 14.7. The van der Waals surface area contributed by atoms with Crippen LogP contribution in [-0.4, -0.2) is 12.8 Å². The van der Waals surface area contributed by atoms with Gasteiger partial charge in [-0.05, 0) is 23.8 Å². The number of nitrogens with zero attached hydrogens (tertiary/aromatic N) is 1. The Morgan fingerprint density at radius 2 is 2.18 bits per heavy atom. The van der Waals surface area contributed by atoms with Crippen LogP contribution in [0.25, 0.3) is 0 Å². The van der Waals surface area contributed by atoms with Crippen molar-refractivity contribution < 1.29 is 0 Å². The molecule has 1 aliphatic heterocycles. The van der Waals surface area contributed by atoms with Crippen LogP contribution in [-0.2, 0) is 0 Å². The summed E-state index contributed by atoms with van der Waals surface area (Å²) in [6.45, 7) is 7.81. The van der Waals surface area contributed by atoms with Gasteiger partial charge in [0.05, 0.1) is 0 Å². The number of aliphatic imine (C=N–C) groups is 1. The third kappa shape index (κ3) is 3.35. The van der Waals surface area contributed by atoms with E-state index in [1.807, 2.05) is 6.21 Å². The summed E-state index contributed by atoms with van der Waals surface area (Å²) in [5.41, 5.74) is 0.432. The van der Waals surface area contributed by atoms with Crippen molar-refractivity contribution in [3.8, 4) is 0 Å². The Morgan fingerprint density at radius 3 is 2.64 bits per heavy atom. The van der Waals surface area contributed by atoms with Crippen molar-refractivity contribution in [1.82, 2.24) is 0 Å². The molecule has 0 saturated carbocycles. The maximum atomic E-state index is 4.23. The Kier molecular flexibility index (Phi) is 2.48. The molecule has 0 fully saturated rings. The number of hydrogen-bond donors (Lipinski definition) is 0. The van der Waals surface area contributed by atoms with E-state index in [0.29, 0.717) is 11.3 Å². The maximum absolute atomic E-state index is 4.23. The SMILES string of the molecule is CC(C)(C)CC1C=CC=NC1. The first-order chi connectivity index (χ1) is 5.08. The Labute approximate surface area is 69.2 Å². The lowest BCUT2D eigenvalue weighted by Crippen LogP contribution is -2.15. The van der Waals surface area contributed by atoms with Crippen LogP contribution >= 0.6 is 0 Å². The van der Waals surface area contributed by atoms with E-state index in [1.165, 1.54) is 6.42 Å². The molecule has 1 rings (SSSR count). The Hall–Kier alpha value is -0.590. The van der Waals surface area contributed by atoms with Crippen LogP contribution < -0.4 is 0 Å². The predicted molar refractivity (Wildman–Crippen MR) is 50.1 cm³/mol. The van der Waals surface area contributed by atoms with E-state index >= 15 is 0 Å². The van der Waals surface area contributed by atoms with Crippen LogP contribution in [0.5, 0.6) is 0 Å². The van der Waals surface area contributed by atoms with Gasteiger partial charge in [-0.25, -0.2) is 0 Å². The topological polar surface area (TPSA) is 12.4 Å². The summed E-state index contributed by atoms with van der Waals surface area (Å²) in [5.74, 6) is 0.667. The Balaban J connectivity index is 2.39.